The van der Waals surface area contributed by atoms with Crippen molar-refractivity contribution in [2.75, 3.05) is 6.54 Å². The fourth-order valence-corrected chi connectivity index (χ4v) is 3.98. The van der Waals surface area contributed by atoms with Crippen molar-refractivity contribution in [2.45, 2.75) is 32.6 Å². The minimum atomic E-state index is -0.0778. The Labute approximate surface area is 134 Å². The summed E-state index contributed by atoms with van der Waals surface area (Å²) >= 11 is 14.3. The summed E-state index contributed by atoms with van der Waals surface area (Å²) in [7, 11) is 0. The van der Waals surface area contributed by atoms with Gasteiger partial charge in [0.1, 0.15) is 0 Å². The minimum absolute atomic E-state index is 0.0409. The largest absolute Gasteiger partial charge is 0.350 e. The molecular formula is C12H16Br2ClNOS. The van der Waals surface area contributed by atoms with Crippen LogP contribution in [0.25, 0.3) is 0 Å². The van der Waals surface area contributed by atoms with Gasteiger partial charge in [-0.05, 0) is 49.8 Å². The van der Waals surface area contributed by atoms with Crippen LogP contribution < -0.4 is 5.32 Å². The van der Waals surface area contributed by atoms with Gasteiger partial charge in [0.2, 0.25) is 0 Å². The maximum atomic E-state index is 11.9. The van der Waals surface area contributed by atoms with E-state index in [2.05, 4.69) is 57.9 Å². The molecule has 0 saturated carbocycles. The number of carbonyl (C=O) groups is 1. The van der Waals surface area contributed by atoms with Crippen LogP contribution >= 0.6 is 54.8 Å². The van der Waals surface area contributed by atoms with E-state index in [4.69, 9.17) is 11.6 Å². The summed E-state index contributed by atoms with van der Waals surface area (Å²) in [5.74, 6) is -0.0778. The summed E-state index contributed by atoms with van der Waals surface area (Å²) < 4.78 is 1.82. The molecule has 18 heavy (non-hydrogen) atoms. The number of alkyl halides is 1. The molecule has 1 aromatic rings. The topological polar surface area (TPSA) is 29.1 Å². The summed E-state index contributed by atoms with van der Waals surface area (Å²) in [6.45, 7) is 6.90. The summed E-state index contributed by atoms with van der Waals surface area (Å²) in [4.78, 5) is 12.6. The Morgan fingerprint density at radius 3 is 2.56 bits per heavy atom. The third-order valence-electron chi connectivity index (χ3n) is 2.19. The lowest BCUT2D eigenvalue weighted by atomic mass is 9.90. The molecule has 102 valence electrons. The van der Waals surface area contributed by atoms with Crippen LogP contribution in [0, 0.1) is 5.41 Å². The summed E-state index contributed by atoms with van der Waals surface area (Å²) in [6.07, 6.45) is 0.868. The highest BCUT2D eigenvalue weighted by Gasteiger charge is 2.18. The second-order valence-corrected chi connectivity index (χ2v) is 9.15. The van der Waals surface area contributed by atoms with Crippen molar-refractivity contribution in [3.8, 4) is 0 Å². The van der Waals surface area contributed by atoms with Gasteiger partial charge in [0.15, 0.2) is 0 Å². The van der Waals surface area contributed by atoms with E-state index in [0.717, 1.165) is 14.7 Å². The second-order valence-electron chi connectivity index (χ2n) is 5.30. The molecule has 0 fully saturated rings. The fraction of sp³-hybridized carbons (Fsp3) is 0.583. The number of thiophene rings is 1. The summed E-state index contributed by atoms with van der Waals surface area (Å²) in [6, 6.07) is 1.80. The van der Waals surface area contributed by atoms with Gasteiger partial charge in [0, 0.05) is 11.0 Å². The van der Waals surface area contributed by atoms with Crippen LogP contribution in [0.2, 0.25) is 0 Å². The fourth-order valence-electron chi connectivity index (χ4n) is 1.49. The number of rotatable bonds is 4. The molecule has 1 N–H and O–H groups in total. The highest BCUT2D eigenvalue weighted by molar-refractivity contribution is 9.13. The molecule has 1 unspecified atom stereocenters. The van der Waals surface area contributed by atoms with E-state index < -0.39 is 0 Å². The maximum Gasteiger partial charge on any atom is 0.261 e. The molecule has 0 bridgehead atoms. The highest BCUT2D eigenvalue weighted by Crippen LogP contribution is 2.32. The van der Waals surface area contributed by atoms with Gasteiger partial charge in [0.05, 0.1) is 14.0 Å². The first-order chi connectivity index (χ1) is 8.19. The van der Waals surface area contributed by atoms with Crippen molar-refractivity contribution in [3.05, 3.63) is 19.2 Å². The molecule has 1 rings (SSSR count). The average Bonchev–Trinajstić information content (AvgIpc) is 2.53. The van der Waals surface area contributed by atoms with Crippen LogP contribution in [-0.2, 0) is 0 Å². The number of hydrogen-bond acceptors (Lipinski definition) is 2. The van der Waals surface area contributed by atoms with Gasteiger partial charge < -0.3 is 5.32 Å². The molecule has 0 aliphatic heterocycles. The highest BCUT2D eigenvalue weighted by atomic mass is 79.9. The van der Waals surface area contributed by atoms with E-state index in [0.29, 0.717) is 11.4 Å². The molecule has 1 amide bonds. The Morgan fingerprint density at radius 1 is 1.50 bits per heavy atom. The Hall–Kier alpha value is 0.420. The molecule has 6 heteroatoms. The average molecular weight is 418 g/mol. The van der Waals surface area contributed by atoms with Crippen molar-refractivity contribution in [3.63, 3.8) is 0 Å². The van der Waals surface area contributed by atoms with Crippen molar-refractivity contribution in [1.82, 2.24) is 5.32 Å². The number of amides is 1. The lowest BCUT2D eigenvalue weighted by Crippen LogP contribution is -2.31. The number of nitrogens with one attached hydrogen (secondary N) is 1. The first kappa shape index (κ1) is 16.5. The van der Waals surface area contributed by atoms with Crippen molar-refractivity contribution >= 4 is 60.7 Å². The van der Waals surface area contributed by atoms with Crippen LogP contribution in [0.15, 0.2) is 14.3 Å². The zero-order chi connectivity index (χ0) is 13.9. The van der Waals surface area contributed by atoms with Crippen molar-refractivity contribution in [2.24, 2.45) is 5.41 Å². The summed E-state index contributed by atoms with van der Waals surface area (Å²) in [5, 5.41) is 2.82. The summed E-state index contributed by atoms with van der Waals surface area (Å²) in [5.41, 5.74) is 0.173. The number of carbonyl (C=O) groups excluding carboxylic acids is 1. The van der Waals surface area contributed by atoms with Gasteiger partial charge in [-0.1, -0.05) is 20.8 Å². The predicted octanol–water partition coefficient (Wildman–Crippen LogP) is 5.05. The third-order valence-corrected chi connectivity index (χ3v) is 5.75. The SMILES string of the molecule is CC(C)(C)CC(Cl)CNC(=O)c1cc(Br)c(Br)s1. The van der Waals surface area contributed by atoms with Gasteiger partial charge in [-0.2, -0.15) is 0 Å². The molecule has 0 spiro atoms. The second kappa shape index (κ2) is 6.73. The van der Waals surface area contributed by atoms with Gasteiger partial charge in [-0.15, -0.1) is 22.9 Å². The van der Waals surface area contributed by atoms with Crippen LogP contribution in [0.3, 0.4) is 0 Å². The van der Waals surface area contributed by atoms with E-state index in [-0.39, 0.29) is 16.7 Å². The van der Waals surface area contributed by atoms with Crippen LogP contribution in [0.5, 0.6) is 0 Å². The quantitative estimate of drug-likeness (QED) is 0.683. The normalized spacial score (nSPS) is 13.4. The Morgan fingerprint density at radius 2 is 2.11 bits per heavy atom. The van der Waals surface area contributed by atoms with Crippen LogP contribution in [-0.4, -0.2) is 17.8 Å². The minimum Gasteiger partial charge on any atom is -0.350 e. The molecule has 1 aromatic heterocycles. The third kappa shape index (κ3) is 5.59. The van der Waals surface area contributed by atoms with Crippen molar-refractivity contribution in [1.29, 1.82) is 0 Å². The smallest absolute Gasteiger partial charge is 0.261 e. The van der Waals surface area contributed by atoms with Crippen LogP contribution in [0.1, 0.15) is 36.9 Å². The number of halogens is 3. The zero-order valence-electron chi connectivity index (χ0n) is 10.5. The number of hydrogen-bond donors (Lipinski definition) is 1. The van der Waals surface area contributed by atoms with E-state index in [1.54, 1.807) is 6.07 Å². The van der Waals surface area contributed by atoms with E-state index >= 15 is 0 Å². The first-order valence-corrected chi connectivity index (χ1v) is 8.40. The van der Waals surface area contributed by atoms with E-state index in [9.17, 15) is 4.79 Å². The van der Waals surface area contributed by atoms with E-state index in [1.807, 2.05) is 0 Å². The molecule has 0 aliphatic carbocycles. The molecular weight excluding hydrogens is 401 g/mol. The molecule has 1 heterocycles. The molecule has 0 aliphatic rings. The van der Waals surface area contributed by atoms with Gasteiger partial charge in [-0.3, -0.25) is 4.79 Å². The van der Waals surface area contributed by atoms with Gasteiger partial charge >= 0.3 is 0 Å². The molecule has 1 atom stereocenters. The predicted molar refractivity (Wildman–Crippen MR) is 85.8 cm³/mol. The standard InChI is InChI=1S/C12H16Br2ClNOS/c1-12(2,3)5-7(15)6-16-11(17)9-4-8(13)10(14)18-9/h4,7H,5-6H2,1-3H3,(H,16,17). The Kier molecular flexibility index (Phi) is 6.16. The van der Waals surface area contributed by atoms with Gasteiger partial charge in [-0.25, -0.2) is 0 Å². The van der Waals surface area contributed by atoms with E-state index in [1.165, 1.54) is 11.3 Å². The maximum absolute atomic E-state index is 11.9. The molecule has 2 nitrogen and oxygen atoms in total. The van der Waals surface area contributed by atoms with Crippen molar-refractivity contribution < 1.29 is 4.79 Å². The molecule has 0 saturated heterocycles. The molecule has 0 aromatic carbocycles. The Balaban J connectivity index is 2.46. The molecule has 0 radical (unpaired) electrons. The first-order valence-electron chi connectivity index (χ1n) is 5.56. The zero-order valence-corrected chi connectivity index (χ0v) is 15.3. The van der Waals surface area contributed by atoms with Gasteiger partial charge in [0.25, 0.3) is 5.91 Å². The lowest BCUT2D eigenvalue weighted by molar-refractivity contribution is 0.0956. The van der Waals surface area contributed by atoms with Crippen LogP contribution in [0.4, 0.5) is 0 Å². The lowest BCUT2D eigenvalue weighted by Gasteiger charge is -2.21. The Bertz CT molecular complexity index is 409. The monoisotopic (exact) mass is 415 g/mol.